The average Bonchev–Trinajstić information content (AvgIpc) is 2.48. The third-order valence-corrected chi connectivity index (χ3v) is 3.75. The lowest BCUT2D eigenvalue weighted by molar-refractivity contribution is 0.247. The van der Waals surface area contributed by atoms with Crippen LogP contribution in [0.2, 0.25) is 5.02 Å². The van der Waals surface area contributed by atoms with Crippen molar-refractivity contribution in [2.45, 2.75) is 20.8 Å². The molecule has 122 valence electrons. The van der Waals surface area contributed by atoms with Crippen LogP contribution in [0.1, 0.15) is 16.7 Å². The number of benzene rings is 2. The largest absolute Gasteiger partial charge is 0.491 e. The number of aryl methyl sites for hydroxylation is 3. The first-order valence-corrected chi connectivity index (χ1v) is 7.84. The van der Waals surface area contributed by atoms with Gasteiger partial charge in [-0.1, -0.05) is 23.7 Å². The highest BCUT2D eigenvalue weighted by Crippen LogP contribution is 2.22. The average molecular weight is 333 g/mol. The zero-order chi connectivity index (χ0) is 16.8. The van der Waals surface area contributed by atoms with Crippen molar-refractivity contribution in [3.05, 3.63) is 58.1 Å². The van der Waals surface area contributed by atoms with Crippen LogP contribution in [0.3, 0.4) is 0 Å². The number of carbonyl (C=O) groups is 1. The topological polar surface area (TPSA) is 50.4 Å². The van der Waals surface area contributed by atoms with Gasteiger partial charge in [0.05, 0.1) is 6.54 Å². The Hall–Kier alpha value is -2.20. The molecular formula is C18H21ClN2O2. The molecule has 0 aliphatic heterocycles. The van der Waals surface area contributed by atoms with E-state index < -0.39 is 0 Å². The number of ether oxygens (including phenoxy) is 1. The van der Waals surface area contributed by atoms with Crippen molar-refractivity contribution in [2.75, 3.05) is 18.5 Å². The summed E-state index contributed by atoms with van der Waals surface area (Å²) in [5, 5.41) is 6.05. The van der Waals surface area contributed by atoms with Gasteiger partial charge in [0.15, 0.2) is 0 Å². The van der Waals surface area contributed by atoms with Gasteiger partial charge in [0.1, 0.15) is 12.4 Å². The van der Waals surface area contributed by atoms with Gasteiger partial charge in [-0.25, -0.2) is 4.79 Å². The third kappa shape index (κ3) is 5.18. The number of halogens is 1. The molecule has 0 unspecified atom stereocenters. The molecule has 0 spiro atoms. The van der Waals surface area contributed by atoms with Crippen molar-refractivity contribution in [3.63, 3.8) is 0 Å². The molecule has 0 aliphatic carbocycles. The Morgan fingerprint density at radius 1 is 1.09 bits per heavy atom. The number of urea groups is 1. The summed E-state index contributed by atoms with van der Waals surface area (Å²) in [6, 6.07) is 10.8. The minimum Gasteiger partial charge on any atom is -0.491 e. The lowest BCUT2D eigenvalue weighted by Gasteiger charge is -2.12. The lowest BCUT2D eigenvalue weighted by Crippen LogP contribution is -2.32. The Morgan fingerprint density at radius 3 is 2.57 bits per heavy atom. The second-order valence-corrected chi connectivity index (χ2v) is 5.88. The SMILES string of the molecule is Cc1cc(C)c(OCCNC(=O)Nc2cccc(Cl)c2)cc1C. The highest BCUT2D eigenvalue weighted by Gasteiger charge is 2.04. The summed E-state index contributed by atoms with van der Waals surface area (Å²) in [4.78, 5) is 11.8. The Labute approximate surface area is 141 Å². The maximum absolute atomic E-state index is 11.8. The van der Waals surface area contributed by atoms with Gasteiger partial charge in [0.2, 0.25) is 0 Å². The van der Waals surface area contributed by atoms with E-state index in [0.29, 0.717) is 23.9 Å². The standard InChI is InChI=1S/C18H21ClN2O2/c1-12-9-14(3)17(10-13(12)2)23-8-7-20-18(22)21-16-6-4-5-15(19)11-16/h4-6,9-11H,7-8H2,1-3H3,(H2,20,21,22). The van der Waals surface area contributed by atoms with Crippen LogP contribution in [-0.4, -0.2) is 19.2 Å². The van der Waals surface area contributed by atoms with Crippen LogP contribution < -0.4 is 15.4 Å². The fraction of sp³-hybridized carbons (Fsp3) is 0.278. The van der Waals surface area contributed by atoms with Crippen molar-refractivity contribution in [1.29, 1.82) is 0 Å². The molecule has 5 heteroatoms. The monoisotopic (exact) mass is 332 g/mol. The Bertz CT molecular complexity index is 701. The number of anilines is 1. The first kappa shape index (κ1) is 17.2. The molecule has 23 heavy (non-hydrogen) atoms. The van der Waals surface area contributed by atoms with E-state index in [2.05, 4.69) is 30.5 Å². The van der Waals surface area contributed by atoms with E-state index in [0.717, 1.165) is 11.3 Å². The maximum Gasteiger partial charge on any atom is 0.319 e. The summed E-state index contributed by atoms with van der Waals surface area (Å²) in [5.41, 5.74) is 4.18. The first-order valence-electron chi connectivity index (χ1n) is 7.47. The summed E-state index contributed by atoms with van der Waals surface area (Å²) in [6.07, 6.45) is 0. The Kier molecular flexibility index (Phi) is 5.88. The molecule has 2 aromatic carbocycles. The molecular weight excluding hydrogens is 312 g/mol. The highest BCUT2D eigenvalue weighted by atomic mass is 35.5. The fourth-order valence-electron chi connectivity index (χ4n) is 2.16. The van der Waals surface area contributed by atoms with Crippen LogP contribution >= 0.6 is 11.6 Å². The lowest BCUT2D eigenvalue weighted by atomic mass is 10.1. The van der Waals surface area contributed by atoms with E-state index >= 15 is 0 Å². The van der Waals surface area contributed by atoms with Crippen molar-refractivity contribution < 1.29 is 9.53 Å². The molecule has 0 aliphatic rings. The van der Waals surface area contributed by atoms with Gasteiger partial charge < -0.3 is 15.4 Å². The van der Waals surface area contributed by atoms with E-state index in [1.54, 1.807) is 24.3 Å². The van der Waals surface area contributed by atoms with E-state index in [1.807, 2.05) is 13.0 Å². The van der Waals surface area contributed by atoms with Crippen LogP contribution in [0, 0.1) is 20.8 Å². The second kappa shape index (κ2) is 7.88. The quantitative estimate of drug-likeness (QED) is 0.794. The van der Waals surface area contributed by atoms with Crippen molar-refractivity contribution in [1.82, 2.24) is 5.32 Å². The molecule has 0 radical (unpaired) electrons. The summed E-state index contributed by atoms with van der Waals surface area (Å²) in [7, 11) is 0. The number of carbonyl (C=O) groups excluding carboxylic acids is 1. The summed E-state index contributed by atoms with van der Waals surface area (Å²) >= 11 is 5.87. The summed E-state index contributed by atoms with van der Waals surface area (Å²) in [6.45, 7) is 6.97. The van der Waals surface area contributed by atoms with Gasteiger partial charge in [0, 0.05) is 10.7 Å². The Morgan fingerprint density at radius 2 is 1.83 bits per heavy atom. The van der Waals surface area contributed by atoms with Gasteiger partial charge in [-0.05, 0) is 61.7 Å². The number of hydrogen-bond donors (Lipinski definition) is 2. The van der Waals surface area contributed by atoms with Gasteiger partial charge in [0.25, 0.3) is 0 Å². The molecule has 0 saturated carbocycles. The van der Waals surface area contributed by atoms with Crippen LogP contribution in [0.15, 0.2) is 36.4 Å². The van der Waals surface area contributed by atoms with Gasteiger partial charge >= 0.3 is 6.03 Å². The highest BCUT2D eigenvalue weighted by molar-refractivity contribution is 6.30. The van der Waals surface area contributed by atoms with Crippen molar-refractivity contribution >= 4 is 23.3 Å². The van der Waals surface area contributed by atoms with E-state index in [4.69, 9.17) is 16.3 Å². The number of hydrogen-bond acceptors (Lipinski definition) is 2. The molecule has 0 fully saturated rings. The summed E-state index contributed by atoms with van der Waals surface area (Å²) in [5.74, 6) is 0.852. The fourth-order valence-corrected chi connectivity index (χ4v) is 2.35. The number of rotatable bonds is 5. The third-order valence-electron chi connectivity index (χ3n) is 3.52. The zero-order valence-electron chi connectivity index (χ0n) is 13.6. The van der Waals surface area contributed by atoms with Gasteiger partial charge in [-0.3, -0.25) is 0 Å². The molecule has 0 atom stereocenters. The molecule has 2 amide bonds. The maximum atomic E-state index is 11.8. The van der Waals surface area contributed by atoms with Crippen molar-refractivity contribution in [3.8, 4) is 5.75 Å². The number of amides is 2. The van der Waals surface area contributed by atoms with Gasteiger partial charge in [-0.15, -0.1) is 0 Å². The van der Waals surface area contributed by atoms with E-state index in [-0.39, 0.29) is 6.03 Å². The molecule has 0 bridgehead atoms. The smallest absolute Gasteiger partial charge is 0.319 e. The Balaban J connectivity index is 1.77. The molecule has 4 nitrogen and oxygen atoms in total. The molecule has 0 aromatic heterocycles. The molecule has 0 heterocycles. The van der Waals surface area contributed by atoms with Crippen molar-refractivity contribution in [2.24, 2.45) is 0 Å². The first-order chi connectivity index (χ1) is 11.0. The van der Waals surface area contributed by atoms with E-state index in [1.165, 1.54) is 11.1 Å². The second-order valence-electron chi connectivity index (χ2n) is 5.44. The number of nitrogens with one attached hydrogen (secondary N) is 2. The molecule has 2 N–H and O–H groups in total. The predicted octanol–water partition coefficient (Wildman–Crippen LogP) is 4.47. The van der Waals surface area contributed by atoms with Crippen LogP contribution in [0.25, 0.3) is 0 Å². The van der Waals surface area contributed by atoms with Crippen LogP contribution in [0.5, 0.6) is 5.75 Å². The minimum absolute atomic E-state index is 0.285. The van der Waals surface area contributed by atoms with Crippen LogP contribution in [-0.2, 0) is 0 Å². The molecule has 2 rings (SSSR count). The molecule has 0 saturated heterocycles. The normalized spacial score (nSPS) is 10.3. The predicted molar refractivity (Wildman–Crippen MR) is 94.6 cm³/mol. The molecule has 2 aromatic rings. The minimum atomic E-state index is -0.285. The van der Waals surface area contributed by atoms with Crippen LogP contribution in [0.4, 0.5) is 10.5 Å². The van der Waals surface area contributed by atoms with Gasteiger partial charge in [-0.2, -0.15) is 0 Å². The summed E-state index contributed by atoms with van der Waals surface area (Å²) < 4.78 is 5.73. The van der Waals surface area contributed by atoms with E-state index in [9.17, 15) is 4.79 Å². The zero-order valence-corrected chi connectivity index (χ0v) is 14.3.